The summed E-state index contributed by atoms with van der Waals surface area (Å²) >= 11 is 3.50. The number of methoxy groups -OCH3 is 1. The fourth-order valence-electron chi connectivity index (χ4n) is 2.09. The van der Waals surface area contributed by atoms with Gasteiger partial charge in [0, 0.05) is 30.7 Å². The molecule has 0 atom stereocenters. The summed E-state index contributed by atoms with van der Waals surface area (Å²) in [6, 6.07) is 14.3. The van der Waals surface area contributed by atoms with E-state index in [1.165, 1.54) is 5.69 Å². The van der Waals surface area contributed by atoms with Crippen molar-refractivity contribution in [2.24, 2.45) is 0 Å². The molecule has 2 rings (SSSR count). The van der Waals surface area contributed by atoms with Gasteiger partial charge in [-0.2, -0.15) is 0 Å². The summed E-state index contributed by atoms with van der Waals surface area (Å²) in [6.45, 7) is 0.716. The lowest BCUT2D eigenvalue weighted by molar-refractivity contribution is 0.410. The number of anilines is 2. The van der Waals surface area contributed by atoms with Crippen molar-refractivity contribution in [2.75, 3.05) is 31.4 Å². The van der Waals surface area contributed by atoms with E-state index in [2.05, 4.69) is 44.3 Å². The van der Waals surface area contributed by atoms with Gasteiger partial charge in [-0.3, -0.25) is 0 Å². The molecule has 0 aliphatic carbocycles. The van der Waals surface area contributed by atoms with Crippen molar-refractivity contribution >= 4 is 27.3 Å². The molecule has 0 saturated carbocycles. The largest absolute Gasteiger partial charge is 0.496 e. The Kier molecular flexibility index (Phi) is 4.90. The minimum absolute atomic E-state index is 0.716. The number of nitrogens with one attached hydrogen (secondary N) is 1. The van der Waals surface area contributed by atoms with Crippen LogP contribution in [0.4, 0.5) is 11.4 Å². The Morgan fingerprint density at radius 2 is 1.90 bits per heavy atom. The number of rotatable bonds is 5. The van der Waals surface area contributed by atoms with E-state index in [0.717, 1.165) is 21.5 Å². The van der Waals surface area contributed by atoms with Crippen LogP contribution in [0.3, 0.4) is 0 Å². The standard InChI is InChI=1S/C16H19BrN2O/c1-19(2)15-7-5-4-6-14(15)18-11-12-10-13(17)8-9-16(12)20-3/h4-10,18H,11H2,1-3H3. The predicted molar refractivity (Wildman–Crippen MR) is 88.8 cm³/mol. The third-order valence-electron chi connectivity index (χ3n) is 3.10. The Hall–Kier alpha value is -1.68. The van der Waals surface area contributed by atoms with Crippen LogP contribution in [0.25, 0.3) is 0 Å². The molecule has 0 saturated heterocycles. The summed E-state index contributed by atoms with van der Waals surface area (Å²) in [5.41, 5.74) is 3.40. The molecule has 0 amide bonds. The predicted octanol–water partition coefficient (Wildman–Crippen LogP) is 4.14. The first-order valence-corrected chi connectivity index (χ1v) is 7.23. The van der Waals surface area contributed by atoms with Crippen molar-refractivity contribution < 1.29 is 4.74 Å². The molecular weight excluding hydrogens is 316 g/mol. The Balaban J connectivity index is 2.19. The molecule has 0 bridgehead atoms. The lowest BCUT2D eigenvalue weighted by Gasteiger charge is -2.19. The highest BCUT2D eigenvalue weighted by atomic mass is 79.9. The zero-order chi connectivity index (χ0) is 14.5. The van der Waals surface area contributed by atoms with Crippen molar-refractivity contribution in [1.82, 2.24) is 0 Å². The third-order valence-corrected chi connectivity index (χ3v) is 3.59. The second-order valence-electron chi connectivity index (χ2n) is 4.72. The van der Waals surface area contributed by atoms with Crippen LogP contribution >= 0.6 is 15.9 Å². The van der Waals surface area contributed by atoms with Crippen molar-refractivity contribution in [1.29, 1.82) is 0 Å². The van der Waals surface area contributed by atoms with Crippen molar-refractivity contribution in [3.05, 3.63) is 52.5 Å². The second kappa shape index (κ2) is 6.66. The summed E-state index contributed by atoms with van der Waals surface area (Å²) in [5, 5.41) is 3.47. The van der Waals surface area contributed by atoms with Gasteiger partial charge in [-0.25, -0.2) is 0 Å². The first kappa shape index (κ1) is 14.7. The Bertz CT molecular complexity index is 584. The average Bonchev–Trinajstić information content (AvgIpc) is 2.45. The van der Waals surface area contributed by atoms with Gasteiger partial charge in [0.05, 0.1) is 18.5 Å². The molecular formula is C16H19BrN2O. The normalized spacial score (nSPS) is 10.2. The minimum Gasteiger partial charge on any atom is -0.496 e. The number of hydrogen-bond donors (Lipinski definition) is 1. The molecule has 0 unspecified atom stereocenters. The molecule has 1 N–H and O–H groups in total. The molecule has 0 heterocycles. The molecule has 0 radical (unpaired) electrons. The van der Waals surface area contributed by atoms with Crippen LogP contribution in [0.2, 0.25) is 0 Å². The average molecular weight is 335 g/mol. The Morgan fingerprint density at radius 1 is 1.15 bits per heavy atom. The van der Waals surface area contributed by atoms with Crippen LogP contribution in [0.5, 0.6) is 5.75 Å². The van der Waals surface area contributed by atoms with E-state index in [1.807, 2.05) is 38.4 Å². The maximum absolute atomic E-state index is 5.40. The van der Waals surface area contributed by atoms with Crippen LogP contribution in [0, 0.1) is 0 Å². The van der Waals surface area contributed by atoms with Gasteiger partial charge in [0.2, 0.25) is 0 Å². The van der Waals surface area contributed by atoms with Gasteiger partial charge in [0.1, 0.15) is 5.75 Å². The zero-order valence-electron chi connectivity index (χ0n) is 12.0. The van der Waals surface area contributed by atoms with Gasteiger partial charge in [0.25, 0.3) is 0 Å². The van der Waals surface area contributed by atoms with Gasteiger partial charge in [-0.15, -0.1) is 0 Å². The fourth-order valence-corrected chi connectivity index (χ4v) is 2.50. The van der Waals surface area contributed by atoms with Gasteiger partial charge < -0.3 is 15.0 Å². The molecule has 0 aliphatic rings. The number of para-hydroxylation sites is 2. The molecule has 0 aliphatic heterocycles. The molecule has 0 fully saturated rings. The van der Waals surface area contributed by atoms with Crippen molar-refractivity contribution in [2.45, 2.75) is 6.54 Å². The molecule has 2 aromatic rings. The van der Waals surface area contributed by atoms with Crippen molar-refractivity contribution in [3.63, 3.8) is 0 Å². The summed E-state index contributed by atoms with van der Waals surface area (Å²) < 4.78 is 6.45. The lowest BCUT2D eigenvalue weighted by atomic mass is 10.2. The number of ether oxygens (including phenoxy) is 1. The minimum atomic E-state index is 0.716. The van der Waals surface area contributed by atoms with E-state index in [0.29, 0.717) is 6.54 Å². The molecule has 0 aromatic heterocycles. The lowest BCUT2D eigenvalue weighted by Crippen LogP contribution is -2.12. The van der Waals surface area contributed by atoms with E-state index < -0.39 is 0 Å². The highest BCUT2D eigenvalue weighted by Gasteiger charge is 2.06. The Morgan fingerprint density at radius 3 is 2.60 bits per heavy atom. The third kappa shape index (κ3) is 3.45. The van der Waals surface area contributed by atoms with Gasteiger partial charge in [0.15, 0.2) is 0 Å². The van der Waals surface area contributed by atoms with E-state index in [4.69, 9.17) is 4.74 Å². The molecule has 3 nitrogen and oxygen atoms in total. The van der Waals surface area contributed by atoms with E-state index in [1.54, 1.807) is 7.11 Å². The zero-order valence-corrected chi connectivity index (χ0v) is 13.6. The maximum Gasteiger partial charge on any atom is 0.123 e. The van der Waals surface area contributed by atoms with Gasteiger partial charge in [-0.05, 0) is 30.3 Å². The van der Waals surface area contributed by atoms with Crippen LogP contribution in [-0.2, 0) is 6.54 Å². The molecule has 106 valence electrons. The molecule has 4 heteroatoms. The van der Waals surface area contributed by atoms with Gasteiger partial charge >= 0.3 is 0 Å². The van der Waals surface area contributed by atoms with Gasteiger partial charge in [-0.1, -0.05) is 28.1 Å². The Labute approximate surface area is 128 Å². The monoisotopic (exact) mass is 334 g/mol. The number of benzene rings is 2. The smallest absolute Gasteiger partial charge is 0.123 e. The molecule has 2 aromatic carbocycles. The summed E-state index contributed by atoms with van der Waals surface area (Å²) in [7, 11) is 5.78. The summed E-state index contributed by atoms with van der Waals surface area (Å²) in [6.07, 6.45) is 0. The van der Waals surface area contributed by atoms with Crippen LogP contribution < -0.4 is 15.0 Å². The summed E-state index contributed by atoms with van der Waals surface area (Å²) in [5.74, 6) is 0.892. The molecule has 0 spiro atoms. The van der Waals surface area contributed by atoms with Crippen LogP contribution in [0.15, 0.2) is 46.9 Å². The van der Waals surface area contributed by atoms with E-state index in [9.17, 15) is 0 Å². The summed E-state index contributed by atoms with van der Waals surface area (Å²) in [4.78, 5) is 2.10. The SMILES string of the molecule is COc1ccc(Br)cc1CNc1ccccc1N(C)C. The quantitative estimate of drug-likeness (QED) is 0.889. The second-order valence-corrected chi connectivity index (χ2v) is 5.64. The van der Waals surface area contributed by atoms with Crippen LogP contribution in [-0.4, -0.2) is 21.2 Å². The maximum atomic E-state index is 5.40. The van der Waals surface area contributed by atoms with E-state index in [-0.39, 0.29) is 0 Å². The number of nitrogens with zero attached hydrogens (tertiary/aromatic N) is 1. The number of hydrogen-bond acceptors (Lipinski definition) is 3. The fraction of sp³-hybridized carbons (Fsp3) is 0.250. The van der Waals surface area contributed by atoms with E-state index >= 15 is 0 Å². The van der Waals surface area contributed by atoms with Crippen LogP contribution in [0.1, 0.15) is 5.56 Å². The highest BCUT2D eigenvalue weighted by molar-refractivity contribution is 9.10. The van der Waals surface area contributed by atoms with Crippen molar-refractivity contribution in [3.8, 4) is 5.75 Å². The topological polar surface area (TPSA) is 24.5 Å². The first-order valence-electron chi connectivity index (χ1n) is 6.44. The molecule has 20 heavy (non-hydrogen) atoms. The number of halogens is 1. The first-order chi connectivity index (χ1) is 9.61. The highest BCUT2D eigenvalue weighted by Crippen LogP contribution is 2.27.